The lowest BCUT2D eigenvalue weighted by atomic mass is 10.1. The predicted molar refractivity (Wildman–Crippen MR) is 75.2 cm³/mol. The molecule has 0 aromatic rings. The third-order valence-corrected chi connectivity index (χ3v) is 4.95. The fraction of sp³-hybridized carbons (Fsp3) is 0.769. The molecule has 0 radical (unpaired) electrons. The minimum absolute atomic E-state index is 0.00927. The van der Waals surface area contributed by atoms with E-state index in [0.29, 0.717) is 37.3 Å². The van der Waals surface area contributed by atoms with Crippen molar-refractivity contribution in [3.8, 4) is 0 Å². The van der Waals surface area contributed by atoms with Crippen molar-refractivity contribution in [3.63, 3.8) is 0 Å². The van der Waals surface area contributed by atoms with E-state index in [-0.39, 0.29) is 23.8 Å². The quantitative estimate of drug-likeness (QED) is 0.797. The highest BCUT2D eigenvalue weighted by molar-refractivity contribution is 7.99. The van der Waals surface area contributed by atoms with Crippen LogP contribution in [0.1, 0.15) is 32.6 Å². The molecule has 2 aliphatic rings. The van der Waals surface area contributed by atoms with Gasteiger partial charge in [-0.05, 0) is 19.3 Å². The predicted octanol–water partition coefficient (Wildman–Crippen LogP) is 0.667. The Hall–Kier alpha value is -1.24. The zero-order valence-electron chi connectivity index (χ0n) is 11.5. The molecule has 1 aliphatic carbocycles. The third-order valence-electron chi connectivity index (χ3n) is 3.94. The van der Waals surface area contributed by atoms with Crippen LogP contribution in [0.2, 0.25) is 0 Å². The van der Waals surface area contributed by atoms with E-state index in [1.807, 2.05) is 0 Å². The molecule has 20 heavy (non-hydrogen) atoms. The maximum Gasteiger partial charge on any atom is 0.306 e. The number of thioether (sulfide) groups is 1. The van der Waals surface area contributed by atoms with Gasteiger partial charge in [-0.25, -0.2) is 0 Å². The molecular weight excluding hydrogens is 280 g/mol. The standard InChI is InChI=1S/C13H20N2O4S/c1-2-11(16)15-7-20-6-10(15)12(17)14-9-4-3-8(5-9)13(18)19/h8-10H,2-7H2,1H3,(H,14,17)(H,18,19)/t8-,9+,10?/m1/s1. The molecule has 2 amide bonds. The largest absolute Gasteiger partial charge is 0.481 e. The Morgan fingerprint density at radius 3 is 2.70 bits per heavy atom. The Kier molecular flexibility index (Phi) is 4.91. The van der Waals surface area contributed by atoms with Crippen LogP contribution in [0.5, 0.6) is 0 Å². The first-order chi connectivity index (χ1) is 9.52. The average molecular weight is 300 g/mol. The van der Waals surface area contributed by atoms with Crippen LogP contribution >= 0.6 is 11.8 Å². The molecule has 1 saturated heterocycles. The van der Waals surface area contributed by atoms with Crippen molar-refractivity contribution in [1.29, 1.82) is 0 Å². The molecule has 3 atom stereocenters. The number of aliphatic carboxylic acids is 1. The summed E-state index contributed by atoms with van der Waals surface area (Å²) in [6.45, 7) is 1.79. The van der Waals surface area contributed by atoms with Crippen molar-refractivity contribution in [2.24, 2.45) is 5.92 Å². The van der Waals surface area contributed by atoms with Crippen LogP contribution in [0, 0.1) is 5.92 Å². The summed E-state index contributed by atoms with van der Waals surface area (Å²) in [4.78, 5) is 36.5. The summed E-state index contributed by atoms with van der Waals surface area (Å²) in [5.41, 5.74) is 0. The normalized spacial score (nSPS) is 29.4. The molecule has 2 fully saturated rings. The summed E-state index contributed by atoms with van der Waals surface area (Å²) >= 11 is 1.58. The number of carbonyl (C=O) groups excluding carboxylic acids is 2. The first-order valence-corrected chi connectivity index (χ1v) is 8.08. The Morgan fingerprint density at radius 1 is 1.35 bits per heavy atom. The minimum Gasteiger partial charge on any atom is -0.481 e. The van der Waals surface area contributed by atoms with Gasteiger partial charge in [-0.15, -0.1) is 11.8 Å². The Balaban J connectivity index is 1.89. The number of carboxylic acid groups (broad SMARTS) is 1. The second-order valence-electron chi connectivity index (χ2n) is 5.29. The molecule has 2 rings (SSSR count). The molecule has 1 saturated carbocycles. The van der Waals surface area contributed by atoms with Crippen molar-refractivity contribution in [3.05, 3.63) is 0 Å². The van der Waals surface area contributed by atoms with Gasteiger partial charge in [0.05, 0.1) is 11.8 Å². The first-order valence-electron chi connectivity index (χ1n) is 6.93. The van der Waals surface area contributed by atoms with E-state index in [4.69, 9.17) is 5.11 Å². The minimum atomic E-state index is -0.791. The highest BCUT2D eigenvalue weighted by atomic mass is 32.2. The molecular formula is C13H20N2O4S. The van der Waals surface area contributed by atoms with E-state index >= 15 is 0 Å². The van der Waals surface area contributed by atoms with E-state index < -0.39 is 12.0 Å². The van der Waals surface area contributed by atoms with Crippen molar-refractivity contribution in [2.45, 2.75) is 44.7 Å². The summed E-state index contributed by atoms with van der Waals surface area (Å²) < 4.78 is 0. The van der Waals surface area contributed by atoms with Crippen LogP contribution < -0.4 is 5.32 Å². The molecule has 1 aliphatic heterocycles. The maximum absolute atomic E-state index is 12.2. The molecule has 0 aromatic heterocycles. The zero-order valence-corrected chi connectivity index (χ0v) is 12.3. The van der Waals surface area contributed by atoms with Crippen molar-refractivity contribution < 1.29 is 19.5 Å². The highest BCUT2D eigenvalue weighted by Gasteiger charge is 2.36. The number of carboxylic acids is 1. The van der Waals surface area contributed by atoms with Gasteiger partial charge >= 0.3 is 5.97 Å². The van der Waals surface area contributed by atoms with Gasteiger partial charge in [0.15, 0.2) is 0 Å². The van der Waals surface area contributed by atoms with E-state index in [0.717, 1.165) is 0 Å². The number of nitrogens with one attached hydrogen (secondary N) is 1. The molecule has 0 bridgehead atoms. The first kappa shape index (κ1) is 15.2. The number of amides is 2. The van der Waals surface area contributed by atoms with Crippen LogP contribution in [0.3, 0.4) is 0 Å². The lowest BCUT2D eigenvalue weighted by molar-refractivity contribution is -0.141. The van der Waals surface area contributed by atoms with Crippen LogP contribution in [0.25, 0.3) is 0 Å². The fourth-order valence-electron chi connectivity index (χ4n) is 2.74. The van der Waals surface area contributed by atoms with E-state index in [1.54, 1.807) is 23.6 Å². The Labute approximate surface area is 122 Å². The molecule has 6 nitrogen and oxygen atoms in total. The fourth-order valence-corrected chi connectivity index (χ4v) is 3.92. The average Bonchev–Trinajstić information content (AvgIpc) is 3.06. The van der Waals surface area contributed by atoms with Crippen LogP contribution in [0.4, 0.5) is 0 Å². The number of rotatable bonds is 4. The Morgan fingerprint density at radius 2 is 2.10 bits per heavy atom. The lowest BCUT2D eigenvalue weighted by Crippen LogP contribution is -2.49. The summed E-state index contributed by atoms with van der Waals surface area (Å²) in [6.07, 6.45) is 2.19. The van der Waals surface area contributed by atoms with Crippen LogP contribution in [-0.4, -0.2) is 51.5 Å². The van der Waals surface area contributed by atoms with Crippen LogP contribution in [0.15, 0.2) is 0 Å². The molecule has 7 heteroatoms. The van der Waals surface area contributed by atoms with Crippen molar-refractivity contribution in [2.75, 3.05) is 11.6 Å². The highest BCUT2D eigenvalue weighted by Crippen LogP contribution is 2.27. The van der Waals surface area contributed by atoms with Gasteiger partial charge in [0, 0.05) is 18.2 Å². The van der Waals surface area contributed by atoms with Gasteiger partial charge in [0.1, 0.15) is 6.04 Å². The monoisotopic (exact) mass is 300 g/mol. The van der Waals surface area contributed by atoms with E-state index in [9.17, 15) is 14.4 Å². The van der Waals surface area contributed by atoms with Crippen LogP contribution in [-0.2, 0) is 14.4 Å². The number of carbonyl (C=O) groups is 3. The summed E-state index contributed by atoms with van der Waals surface area (Å²) in [7, 11) is 0. The van der Waals surface area contributed by atoms with Gasteiger partial charge in [-0.2, -0.15) is 0 Å². The summed E-state index contributed by atoms with van der Waals surface area (Å²) in [5.74, 6) is -0.120. The summed E-state index contributed by atoms with van der Waals surface area (Å²) in [6, 6.07) is -0.482. The van der Waals surface area contributed by atoms with Gasteiger partial charge in [0.25, 0.3) is 0 Å². The van der Waals surface area contributed by atoms with Gasteiger partial charge in [0.2, 0.25) is 11.8 Å². The Bertz CT molecular complexity index is 415. The van der Waals surface area contributed by atoms with E-state index in [2.05, 4.69) is 5.32 Å². The van der Waals surface area contributed by atoms with Gasteiger partial charge in [-0.3, -0.25) is 14.4 Å². The topological polar surface area (TPSA) is 86.7 Å². The summed E-state index contributed by atoms with van der Waals surface area (Å²) in [5, 5.41) is 11.9. The third kappa shape index (κ3) is 3.26. The number of hydrogen-bond acceptors (Lipinski definition) is 4. The molecule has 112 valence electrons. The second kappa shape index (κ2) is 6.47. The number of nitrogens with zero attached hydrogens (tertiary/aromatic N) is 1. The SMILES string of the molecule is CCC(=O)N1CSCC1C(=O)N[C@H]1CC[C@@H](C(=O)O)C1. The molecule has 0 aromatic carbocycles. The molecule has 2 N–H and O–H groups in total. The number of hydrogen-bond donors (Lipinski definition) is 2. The molecule has 1 heterocycles. The lowest BCUT2D eigenvalue weighted by Gasteiger charge is -2.24. The second-order valence-corrected chi connectivity index (χ2v) is 6.29. The van der Waals surface area contributed by atoms with E-state index in [1.165, 1.54) is 0 Å². The molecule has 1 unspecified atom stereocenters. The smallest absolute Gasteiger partial charge is 0.306 e. The maximum atomic E-state index is 12.2. The van der Waals surface area contributed by atoms with Crippen molar-refractivity contribution >= 4 is 29.5 Å². The van der Waals surface area contributed by atoms with Gasteiger partial charge in [-0.1, -0.05) is 6.92 Å². The zero-order chi connectivity index (χ0) is 14.7. The van der Waals surface area contributed by atoms with Gasteiger partial charge < -0.3 is 15.3 Å². The van der Waals surface area contributed by atoms with Crippen molar-refractivity contribution in [1.82, 2.24) is 10.2 Å². The molecule has 0 spiro atoms.